The van der Waals surface area contributed by atoms with E-state index in [-0.39, 0.29) is 33.3 Å². The summed E-state index contributed by atoms with van der Waals surface area (Å²) in [6.07, 6.45) is 5.67. The molecular formula is C36H43ClFN5O3Si. The Morgan fingerprint density at radius 1 is 0.979 bits per heavy atom. The number of ether oxygens (including phenoxy) is 2. The highest BCUT2D eigenvalue weighted by atomic mass is 35.5. The third-order valence-corrected chi connectivity index (χ3v) is 15.6. The van der Waals surface area contributed by atoms with Crippen LogP contribution < -0.4 is 20.0 Å². The molecule has 3 aliphatic rings. The lowest BCUT2D eigenvalue weighted by Crippen LogP contribution is -2.67. The van der Waals surface area contributed by atoms with Gasteiger partial charge in [0, 0.05) is 25.3 Å². The van der Waals surface area contributed by atoms with Crippen molar-refractivity contribution in [2.45, 2.75) is 63.1 Å². The van der Waals surface area contributed by atoms with E-state index < -0.39 is 14.1 Å². The number of morpholine rings is 1. The van der Waals surface area contributed by atoms with Crippen molar-refractivity contribution in [3.05, 3.63) is 77.8 Å². The molecule has 0 aliphatic carbocycles. The lowest BCUT2D eigenvalue weighted by atomic mass is 9.95. The smallest absolute Gasteiger partial charge is 0.319 e. The Morgan fingerprint density at radius 2 is 1.66 bits per heavy atom. The van der Waals surface area contributed by atoms with Crippen molar-refractivity contribution in [3.8, 4) is 6.01 Å². The summed E-state index contributed by atoms with van der Waals surface area (Å²) in [5, 5.41) is 2.80. The average molecular weight is 676 g/mol. The number of anilines is 1. The van der Waals surface area contributed by atoms with E-state index in [1.165, 1.54) is 10.4 Å². The molecule has 248 valence electrons. The zero-order chi connectivity index (χ0) is 32.6. The summed E-state index contributed by atoms with van der Waals surface area (Å²) in [6, 6.07) is 22.1. The van der Waals surface area contributed by atoms with Crippen LogP contribution in [0.25, 0.3) is 10.9 Å². The number of hydrogen-bond acceptors (Lipinski definition) is 8. The first kappa shape index (κ1) is 32.4. The van der Waals surface area contributed by atoms with Gasteiger partial charge in [-0.25, -0.2) is 9.37 Å². The van der Waals surface area contributed by atoms with Crippen molar-refractivity contribution in [2.75, 3.05) is 51.0 Å². The van der Waals surface area contributed by atoms with Gasteiger partial charge in [0.15, 0.2) is 11.0 Å². The third-order valence-electron chi connectivity index (χ3n) is 10.3. The van der Waals surface area contributed by atoms with Gasteiger partial charge in [0.2, 0.25) is 0 Å². The van der Waals surface area contributed by atoms with E-state index in [0.717, 1.165) is 32.2 Å². The van der Waals surface area contributed by atoms with Crippen LogP contribution in [0.4, 0.5) is 10.2 Å². The van der Waals surface area contributed by atoms with Crippen LogP contribution in [0, 0.1) is 5.82 Å². The molecule has 2 aromatic carbocycles. The summed E-state index contributed by atoms with van der Waals surface area (Å²) in [5.41, 5.74) is -0.0222. The van der Waals surface area contributed by atoms with Crippen LogP contribution in [0.3, 0.4) is 0 Å². The predicted octanol–water partition coefficient (Wildman–Crippen LogP) is 5.61. The van der Waals surface area contributed by atoms with Gasteiger partial charge in [-0.05, 0) is 47.6 Å². The lowest BCUT2D eigenvalue weighted by molar-refractivity contribution is 0.0670. The Hall–Kier alpha value is -3.15. The Kier molecular flexibility index (Phi) is 8.99. The van der Waals surface area contributed by atoms with Gasteiger partial charge in [-0.2, -0.15) is 9.97 Å². The molecule has 2 aromatic heterocycles. The molecule has 2 atom stereocenters. The second-order valence-corrected chi connectivity index (χ2v) is 18.7. The molecule has 0 N–H and O–H groups in total. The molecule has 0 bridgehead atoms. The molecule has 3 fully saturated rings. The number of pyridine rings is 1. The molecule has 0 saturated carbocycles. The SMILES string of the molecule is CC(C)(C)[Si](OC[C@@H]1CC[C@]2(COc3nc(N4CCOCC4)c4cnc(Cl)c(F)c4n3)CCCN12)(c1ccccc1)c1ccccc1. The minimum Gasteiger partial charge on any atom is -0.461 e. The van der Waals surface area contributed by atoms with Gasteiger partial charge >= 0.3 is 6.01 Å². The van der Waals surface area contributed by atoms with Crippen LogP contribution >= 0.6 is 11.6 Å². The quantitative estimate of drug-likeness (QED) is 0.168. The molecule has 0 radical (unpaired) electrons. The Balaban J connectivity index is 1.14. The van der Waals surface area contributed by atoms with E-state index in [4.69, 9.17) is 30.5 Å². The van der Waals surface area contributed by atoms with Crippen molar-refractivity contribution in [3.63, 3.8) is 0 Å². The highest BCUT2D eigenvalue weighted by Crippen LogP contribution is 2.44. The summed E-state index contributed by atoms with van der Waals surface area (Å²) in [4.78, 5) is 18.0. The molecule has 0 unspecified atom stereocenters. The number of rotatable bonds is 9. The molecule has 11 heteroatoms. The van der Waals surface area contributed by atoms with Gasteiger partial charge in [-0.1, -0.05) is 93.0 Å². The van der Waals surface area contributed by atoms with Gasteiger partial charge in [0.05, 0.1) is 30.7 Å². The first-order chi connectivity index (χ1) is 22.7. The van der Waals surface area contributed by atoms with E-state index in [2.05, 4.69) is 101 Å². The zero-order valence-corrected chi connectivity index (χ0v) is 29.2. The number of halogens is 2. The maximum absolute atomic E-state index is 15.2. The van der Waals surface area contributed by atoms with Crippen molar-refractivity contribution >= 4 is 47.0 Å². The lowest BCUT2D eigenvalue weighted by Gasteiger charge is -2.44. The topological polar surface area (TPSA) is 72.8 Å². The average Bonchev–Trinajstić information content (AvgIpc) is 3.66. The fourth-order valence-electron chi connectivity index (χ4n) is 8.05. The van der Waals surface area contributed by atoms with Gasteiger partial charge in [-0.3, -0.25) is 4.90 Å². The summed E-state index contributed by atoms with van der Waals surface area (Å²) in [6.45, 7) is 11.5. The van der Waals surface area contributed by atoms with Crippen molar-refractivity contribution in [1.29, 1.82) is 0 Å². The van der Waals surface area contributed by atoms with Crippen LogP contribution in [-0.2, 0) is 9.16 Å². The number of aromatic nitrogens is 3. The largest absolute Gasteiger partial charge is 0.461 e. The highest BCUT2D eigenvalue weighted by Gasteiger charge is 2.53. The first-order valence-corrected chi connectivity index (χ1v) is 19.0. The normalized spacial score (nSPS) is 22.1. The molecule has 5 heterocycles. The second kappa shape index (κ2) is 13.0. The summed E-state index contributed by atoms with van der Waals surface area (Å²) >= 11 is 6.08. The minimum atomic E-state index is -2.66. The van der Waals surface area contributed by atoms with Gasteiger partial charge in [-0.15, -0.1) is 0 Å². The van der Waals surface area contributed by atoms with Crippen LogP contribution in [0.2, 0.25) is 10.2 Å². The highest BCUT2D eigenvalue weighted by molar-refractivity contribution is 6.99. The van der Waals surface area contributed by atoms with Crippen LogP contribution in [0.15, 0.2) is 66.9 Å². The van der Waals surface area contributed by atoms with Crippen molar-refractivity contribution < 1.29 is 18.3 Å². The number of hydrogen-bond donors (Lipinski definition) is 0. The third kappa shape index (κ3) is 5.92. The fraction of sp³-hybridized carbons (Fsp3) is 0.472. The molecule has 0 spiro atoms. The predicted molar refractivity (Wildman–Crippen MR) is 186 cm³/mol. The number of fused-ring (bicyclic) bond motifs is 2. The Bertz CT molecular complexity index is 1670. The minimum absolute atomic E-state index is 0.0845. The molecule has 8 nitrogen and oxygen atoms in total. The maximum Gasteiger partial charge on any atom is 0.319 e. The van der Waals surface area contributed by atoms with Crippen molar-refractivity contribution in [1.82, 2.24) is 19.9 Å². The van der Waals surface area contributed by atoms with Crippen LogP contribution in [-0.4, -0.2) is 85.8 Å². The molecule has 4 aromatic rings. The van der Waals surface area contributed by atoms with Gasteiger partial charge in [0.1, 0.15) is 17.9 Å². The maximum atomic E-state index is 15.2. The van der Waals surface area contributed by atoms with Gasteiger partial charge < -0.3 is 18.8 Å². The van der Waals surface area contributed by atoms with E-state index in [9.17, 15) is 0 Å². The molecule has 3 aliphatic heterocycles. The molecular weight excluding hydrogens is 633 g/mol. The second-order valence-electron chi connectivity index (χ2n) is 14.0. The van der Waals surface area contributed by atoms with Crippen LogP contribution in [0.1, 0.15) is 46.5 Å². The van der Waals surface area contributed by atoms with Crippen LogP contribution in [0.5, 0.6) is 6.01 Å². The Morgan fingerprint density at radius 3 is 2.32 bits per heavy atom. The van der Waals surface area contributed by atoms with E-state index in [1.807, 2.05) is 0 Å². The number of nitrogens with zero attached hydrogens (tertiary/aromatic N) is 5. The molecule has 3 saturated heterocycles. The standard InChI is InChI=1S/C36H43ClFN5O3Si/c1-35(2,3)47(27-11-6-4-7-12-27,28-13-8-5-9-14-28)46-24-26-15-17-36(16-10-18-43(26)36)25-45-34-40-31-29(23-39-32(37)30(31)38)33(41-34)42-19-21-44-22-20-42/h4-9,11-14,23,26H,10,15-22,24-25H2,1-3H3/t26-,36-/m0/s1. The van der Waals surface area contributed by atoms with Crippen molar-refractivity contribution in [2.24, 2.45) is 0 Å². The molecule has 47 heavy (non-hydrogen) atoms. The molecule has 0 amide bonds. The molecule has 7 rings (SSSR count). The van der Waals surface area contributed by atoms with Gasteiger partial charge in [0.25, 0.3) is 8.32 Å². The summed E-state index contributed by atoms with van der Waals surface area (Å²) in [7, 11) is -2.66. The monoisotopic (exact) mass is 675 g/mol. The summed E-state index contributed by atoms with van der Waals surface area (Å²) < 4.78 is 34.6. The fourth-order valence-corrected chi connectivity index (χ4v) is 12.8. The zero-order valence-electron chi connectivity index (χ0n) is 27.4. The van der Waals surface area contributed by atoms with E-state index >= 15 is 4.39 Å². The number of benzene rings is 2. The Labute approximate surface area is 282 Å². The van der Waals surface area contributed by atoms with E-state index in [1.54, 1.807) is 6.20 Å². The summed E-state index contributed by atoms with van der Waals surface area (Å²) in [5.74, 6) is -0.0619. The van der Waals surface area contributed by atoms with E-state index in [0.29, 0.717) is 50.7 Å². The first-order valence-electron chi connectivity index (χ1n) is 16.7.